The third kappa shape index (κ3) is 7.49. The highest BCUT2D eigenvalue weighted by Gasteiger charge is 2.44. The normalized spacial score (nSPS) is 19.9. The van der Waals surface area contributed by atoms with Gasteiger partial charge >= 0.3 is 12.1 Å². The Kier molecular flexibility index (Phi) is 8.45. The number of alkyl halides is 3. The Bertz CT molecular complexity index is 1090. The van der Waals surface area contributed by atoms with E-state index in [2.05, 4.69) is 5.32 Å². The highest BCUT2D eigenvalue weighted by molar-refractivity contribution is 5.96. The van der Waals surface area contributed by atoms with Crippen LogP contribution in [0.15, 0.2) is 42.5 Å². The molecule has 0 aromatic heterocycles. The van der Waals surface area contributed by atoms with Gasteiger partial charge in [-0.25, -0.2) is 0 Å². The minimum absolute atomic E-state index is 0.0256. The van der Waals surface area contributed by atoms with Crippen LogP contribution in [0.5, 0.6) is 0 Å². The summed E-state index contributed by atoms with van der Waals surface area (Å²) in [5.74, 6) is -1.61. The number of carbonyl (C=O) groups is 2. The molecule has 2 aromatic rings. The Morgan fingerprint density at radius 1 is 1.05 bits per heavy atom. The lowest BCUT2D eigenvalue weighted by atomic mass is 9.93. The second-order valence-corrected chi connectivity index (χ2v) is 10.5. The van der Waals surface area contributed by atoms with E-state index in [1.807, 2.05) is 54.3 Å². The highest BCUT2D eigenvalue weighted by atomic mass is 19.4. The molecule has 200 valence electrons. The molecule has 2 saturated carbocycles. The number of nitrogens with one attached hydrogen (secondary N) is 1. The van der Waals surface area contributed by atoms with Crippen molar-refractivity contribution in [3.05, 3.63) is 59.2 Å². The van der Waals surface area contributed by atoms with Gasteiger partial charge in [0.1, 0.15) is 0 Å². The number of halogens is 3. The quantitative estimate of drug-likeness (QED) is 0.363. The monoisotopic (exact) mass is 516 g/mol. The number of benzene rings is 2. The third-order valence-electron chi connectivity index (χ3n) is 7.50. The first-order valence-electron chi connectivity index (χ1n) is 13.2. The van der Waals surface area contributed by atoms with Crippen molar-refractivity contribution in [2.75, 3.05) is 16.8 Å². The number of hydrogen-bond donors (Lipinski definition) is 2. The summed E-state index contributed by atoms with van der Waals surface area (Å²) >= 11 is 0. The van der Waals surface area contributed by atoms with Gasteiger partial charge in [0.15, 0.2) is 0 Å². The van der Waals surface area contributed by atoms with Crippen LogP contribution in [0.1, 0.15) is 74.0 Å². The molecule has 2 N–H and O–H groups in total. The van der Waals surface area contributed by atoms with Crippen LogP contribution < -0.4 is 10.2 Å². The predicted molar refractivity (Wildman–Crippen MR) is 138 cm³/mol. The Hall–Kier alpha value is -3.03. The SMILES string of the molecule is Cc1ccc(CC(=O)Nc2cc([C@@H]3C[C@@H]3C(=O)O)ccc2N(CCCC(F)(F)F)C2CCCCC2)cc1. The molecule has 2 fully saturated rings. The molecule has 0 radical (unpaired) electrons. The number of carboxylic acid groups (broad SMARTS) is 1. The molecule has 0 saturated heterocycles. The summed E-state index contributed by atoms with van der Waals surface area (Å²) < 4.78 is 38.9. The van der Waals surface area contributed by atoms with Crippen LogP contribution in [0.25, 0.3) is 0 Å². The smallest absolute Gasteiger partial charge is 0.389 e. The molecule has 2 aliphatic carbocycles. The minimum Gasteiger partial charge on any atom is -0.481 e. The summed E-state index contributed by atoms with van der Waals surface area (Å²) in [6.45, 7) is 2.22. The van der Waals surface area contributed by atoms with Crippen molar-refractivity contribution < 1.29 is 27.9 Å². The Labute approximate surface area is 216 Å². The van der Waals surface area contributed by atoms with Gasteiger partial charge in [-0.3, -0.25) is 9.59 Å². The second-order valence-electron chi connectivity index (χ2n) is 10.5. The van der Waals surface area contributed by atoms with E-state index in [1.54, 1.807) is 0 Å². The van der Waals surface area contributed by atoms with Crippen molar-refractivity contribution in [2.24, 2.45) is 5.92 Å². The molecule has 2 aromatic carbocycles. The van der Waals surface area contributed by atoms with Crippen molar-refractivity contribution in [2.45, 2.75) is 82.8 Å². The summed E-state index contributed by atoms with van der Waals surface area (Å²) in [4.78, 5) is 26.5. The molecule has 2 atom stereocenters. The van der Waals surface area contributed by atoms with Gasteiger partial charge in [-0.15, -0.1) is 0 Å². The molecule has 4 rings (SSSR count). The maximum Gasteiger partial charge on any atom is 0.389 e. The fourth-order valence-corrected chi connectivity index (χ4v) is 5.40. The van der Waals surface area contributed by atoms with E-state index in [9.17, 15) is 27.9 Å². The zero-order chi connectivity index (χ0) is 26.6. The van der Waals surface area contributed by atoms with Gasteiger partial charge in [0, 0.05) is 19.0 Å². The topological polar surface area (TPSA) is 69.6 Å². The van der Waals surface area contributed by atoms with E-state index in [4.69, 9.17) is 0 Å². The molecule has 0 spiro atoms. The number of aryl methyl sites for hydroxylation is 1. The van der Waals surface area contributed by atoms with E-state index in [-0.39, 0.29) is 37.3 Å². The van der Waals surface area contributed by atoms with Gasteiger partial charge in [0.25, 0.3) is 0 Å². The van der Waals surface area contributed by atoms with Crippen LogP contribution in [0.4, 0.5) is 24.5 Å². The number of rotatable bonds is 10. The number of carbonyl (C=O) groups excluding carboxylic acids is 1. The predicted octanol–water partition coefficient (Wildman–Crippen LogP) is 6.85. The number of aliphatic carboxylic acids is 1. The lowest BCUT2D eigenvalue weighted by Crippen LogP contribution is -2.38. The molecule has 0 bridgehead atoms. The van der Waals surface area contributed by atoms with E-state index >= 15 is 0 Å². The van der Waals surface area contributed by atoms with Gasteiger partial charge in [-0.05, 0) is 61.8 Å². The lowest BCUT2D eigenvalue weighted by molar-refractivity contribution is -0.138. The maximum atomic E-state index is 13.1. The van der Waals surface area contributed by atoms with Gasteiger partial charge in [0.2, 0.25) is 5.91 Å². The van der Waals surface area contributed by atoms with Crippen molar-refractivity contribution in [3.63, 3.8) is 0 Å². The van der Waals surface area contributed by atoms with Crippen LogP contribution in [0.3, 0.4) is 0 Å². The van der Waals surface area contributed by atoms with Crippen molar-refractivity contribution in [3.8, 4) is 0 Å². The standard InChI is InChI=1S/C29H35F3N2O3/c1-19-8-10-20(11-9-19)16-27(35)33-25-17-21(23-18-24(23)28(36)37)12-13-26(25)34(15-5-14-29(30,31)32)22-6-3-2-4-7-22/h8-13,17,22-24H,2-7,14-16,18H2,1H3,(H,33,35)(H,36,37)/t23-,24-/m0/s1. The maximum absolute atomic E-state index is 13.1. The molecule has 1 amide bonds. The summed E-state index contributed by atoms with van der Waals surface area (Å²) in [5.41, 5.74) is 4.05. The van der Waals surface area contributed by atoms with Crippen molar-refractivity contribution in [1.82, 2.24) is 0 Å². The number of hydrogen-bond acceptors (Lipinski definition) is 3. The zero-order valence-electron chi connectivity index (χ0n) is 21.2. The van der Waals surface area contributed by atoms with E-state index in [0.29, 0.717) is 17.8 Å². The molecule has 37 heavy (non-hydrogen) atoms. The Balaban J connectivity index is 1.61. The van der Waals surface area contributed by atoms with Crippen molar-refractivity contribution in [1.29, 1.82) is 0 Å². The molecule has 0 heterocycles. The third-order valence-corrected chi connectivity index (χ3v) is 7.50. The second kappa shape index (κ2) is 11.6. The van der Waals surface area contributed by atoms with Crippen LogP contribution in [-0.4, -0.2) is 35.7 Å². The molecule has 2 aliphatic rings. The van der Waals surface area contributed by atoms with Gasteiger partial charge in [0.05, 0.1) is 23.7 Å². The molecule has 5 nitrogen and oxygen atoms in total. The number of anilines is 2. The number of amides is 1. The average Bonchev–Trinajstić information content (AvgIpc) is 3.65. The summed E-state index contributed by atoms with van der Waals surface area (Å²) in [7, 11) is 0. The molecule has 8 heteroatoms. The molecule has 0 aliphatic heterocycles. The van der Waals surface area contributed by atoms with Crippen LogP contribution in [-0.2, 0) is 16.0 Å². The molecular formula is C29H35F3N2O3. The minimum atomic E-state index is -4.22. The van der Waals surface area contributed by atoms with Gasteiger partial charge in [-0.2, -0.15) is 13.2 Å². The summed E-state index contributed by atoms with van der Waals surface area (Å²) in [6.07, 6.45) is 0.573. The first-order chi connectivity index (χ1) is 17.6. The Morgan fingerprint density at radius 2 is 1.76 bits per heavy atom. The van der Waals surface area contributed by atoms with Gasteiger partial charge in [-0.1, -0.05) is 55.2 Å². The van der Waals surface area contributed by atoms with E-state index in [0.717, 1.165) is 48.8 Å². The zero-order valence-corrected chi connectivity index (χ0v) is 21.2. The Morgan fingerprint density at radius 3 is 2.38 bits per heavy atom. The average molecular weight is 517 g/mol. The van der Waals surface area contributed by atoms with Crippen molar-refractivity contribution >= 4 is 23.3 Å². The van der Waals surface area contributed by atoms with E-state index < -0.39 is 24.5 Å². The first-order valence-corrected chi connectivity index (χ1v) is 13.2. The highest BCUT2D eigenvalue weighted by Crippen LogP contribution is 2.49. The van der Waals surface area contributed by atoms with Gasteiger partial charge < -0.3 is 15.3 Å². The lowest BCUT2D eigenvalue weighted by Gasteiger charge is -2.37. The molecular weight excluding hydrogens is 481 g/mol. The summed E-state index contributed by atoms with van der Waals surface area (Å²) in [5, 5.41) is 12.4. The van der Waals surface area contributed by atoms with E-state index in [1.165, 1.54) is 0 Å². The number of nitrogens with zero attached hydrogens (tertiary/aromatic N) is 1. The first kappa shape index (κ1) is 27.0. The van der Waals surface area contributed by atoms with Crippen LogP contribution in [0.2, 0.25) is 0 Å². The summed E-state index contributed by atoms with van der Waals surface area (Å²) in [6, 6.07) is 13.4. The largest absolute Gasteiger partial charge is 0.481 e. The van der Waals surface area contributed by atoms with Crippen LogP contribution in [0, 0.1) is 12.8 Å². The van der Waals surface area contributed by atoms with Crippen LogP contribution >= 0.6 is 0 Å². The fraction of sp³-hybridized carbons (Fsp3) is 0.517. The fourth-order valence-electron chi connectivity index (χ4n) is 5.40. The number of carboxylic acids is 1. The molecule has 0 unspecified atom stereocenters.